The number of ether oxygens (including phenoxy) is 2. The van der Waals surface area contributed by atoms with E-state index in [1.165, 1.54) is 0 Å². The highest BCUT2D eigenvalue weighted by Crippen LogP contribution is 2.21. The van der Waals surface area contributed by atoms with Crippen molar-refractivity contribution in [1.82, 2.24) is 0 Å². The molecule has 0 radical (unpaired) electrons. The highest BCUT2D eigenvalue weighted by Gasteiger charge is 2.14. The smallest absolute Gasteiger partial charge is 0.147 e. The Hall–Kier alpha value is -1.09. The van der Waals surface area contributed by atoms with Gasteiger partial charge in [-0.05, 0) is 24.6 Å². The van der Waals surface area contributed by atoms with Gasteiger partial charge in [0.1, 0.15) is 12.9 Å². The van der Waals surface area contributed by atoms with Gasteiger partial charge >= 0.3 is 0 Å². The van der Waals surface area contributed by atoms with E-state index in [4.69, 9.17) is 14.7 Å². The first-order valence-electron chi connectivity index (χ1n) is 5.42. The van der Waals surface area contributed by atoms with Gasteiger partial charge in [-0.2, -0.15) is 5.26 Å². The maximum atomic E-state index is 8.99. The lowest BCUT2D eigenvalue weighted by molar-refractivity contribution is -0.133. The molecule has 5 heteroatoms. The molecule has 0 aliphatic carbocycles. The third-order valence-corrected chi connectivity index (χ3v) is 3.09. The van der Waals surface area contributed by atoms with Crippen LogP contribution in [0.3, 0.4) is 0 Å². The largest absolute Gasteiger partial charge is 0.381 e. The quantitative estimate of drug-likeness (QED) is 0.931. The highest BCUT2D eigenvalue weighted by molar-refractivity contribution is 9.10. The Morgan fingerprint density at radius 1 is 1.53 bits per heavy atom. The monoisotopic (exact) mass is 296 g/mol. The van der Waals surface area contributed by atoms with Gasteiger partial charge in [-0.3, -0.25) is 0 Å². The number of benzene rings is 1. The second kappa shape index (κ2) is 6.01. The number of anilines is 1. The second-order valence-corrected chi connectivity index (χ2v) is 4.70. The predicted molar refractivity (Wildman–Crippen MR) is 67.7 cm³/mol. The van der Waals surface area contributed by atoms with E-state index in [0.717, 1.165) is 23.2 Å². The van der Waals surface area contributed by atoms with Crippen molar-refractivity contribution < 1.29 is 9.47 Å². The Bertz CT molecular complexity index is 425. The van der Waals surface area contributed by atoms with E-state index in [0.29, 0.717) is 18.9 Å². The van der Waals surface area contributed by atoms with E-state index < -0.39 is 0 Å². The van der Waals surface area contributed by atoms with Gasteiger partial charge in [-0.1, -0.05) is 15.9 Å². The number of hydrogen-bond donors (Lipinski definition) is 1. The average Bonchev–Trinajstić information content (AvgIpc) is 2.38. The van der Waals surface area contributed by atoms with Crippen LogP contribution >= 0.6 is 15.9 Å². The first-order valence-corrected chi connectivity index (χ1v) is 6.22. The second-order valence-electron chi connectivity index (χ2n) is 3.79. The van der Waals surface area contributed by atoms with Gasteiger partial charge < -0.3 is 14.8 Å². The molecule has 1 aliphatic rings. The van der Waals surface area contributed by atoms with Crippen LogP contribution < -0.4 is 5.32 Å². The van der Waals surface area contributed by atoms with Crippen LogP contribution in [0, 0.1) is 11.3 Å². The van der Waals surface area contributed by atoms with E-state index in [1.54, 1.807) is 6.07 Å². The normalized spacial score (nSPS) is 19.6. The van der Waals surface area contributed by atoms with Crippen molar-refractivity contribution in [2.75, 3.05) is 25.3 Å². The summed E-state index contributed by atoms with van der Waals surface area (Å²) in [5, 5.41) is 12.2. The molecule has 1 N–H and O–H groups in total. The third kappa shape index (κ3) is 3.43. The molecule has 1 aromatic rings. The molecule has 1 aromatic carbocycles. The van der Waals surface area contributed by atoms with Gasteiger partial charge in [0.25, 0.3) is 0 Å². The number of nitrogens with zero attached hydrogens (tertiary/aromatic N) is 1. The van der Waals surface area contributed by atoms with Crippen LogP contribution in [0.15, 0.2) is 22.7 Å². The van der Waals surface area contributed by atoms with Gasteiger partial charge in [-0.15, -0.1) is 0 Å². The molecule has 0 bridgehead atoms. The van der Waals surface area contributed by atoms with Crippen molar-refractivity contribution in [3.05, 3.63) is 28.2 Å². The third-order valence-electron chi connectivity index (χ3n) is 2.59. The molecule has 1 saturated heterocycles. The Morgan fingerprint density at radius 3 is 3.12 bits per heavy atom. The van der Waals surface area contributed by atoms with E-state index in [-0.39, 0.29) is 6.10 Å². The molecule has 1 atom stereocenters. The molecule has 1 unspecified atom stereocenters. The summed E-state index contributed by atoms with van der Waals surface area (Å²) < 4.78 is 11.5. The molecule has 1 fully saturated rings. The summed E-state index contributed by atoms with van der Waals surface area (Å²) in [6.07, 6.45) is 1.03. The van der Waals surface area contributed by atoms with Crippen molar-refractivity contribution in [2.24, 2.45) is 0 Å². The zero-order chi connectivity index (χ0) is 12.1. The summed E-state index contributed by atoms with van der Waals surface area (Å²) in [7, 11) is 0. The number of rotatable bonds is 3. The number of halogens is 1. The molecular weight excluding hydrogens is 284 g/mol. The summed E-state index contributed by atoms with van der Waals surface area (Å²) >= 11 is 3.39. The first-order chi connectivity index (χ1) is 8.29. The SMILES string of the molecule is N#Cc1ccc(Br)cc1NCC1CCOCO1. The van der Waals surface area contributed by atoms with Crippen LogP contribution in [0.5, 0.6) is 0 Å². The van der Waals surface area contributed by atoms with Gasteiger partial charge in [-0.25, -0.2) is 0 Å². The van der Waals surface area contributed by atoms with E-state index in [9.17, 15) is 0 Å². The number of nitriles is 1. The van der Waals surface area contributed by atoms with Gasteiger partial charge in [0.2, 0.25) is 0 Å². The Labute approximate surface area is 109 Å². The maximum absolute atomic E-state index is 8.99. The fourth-order valence-corrected chi connectivity index (χ4v) is 2.01. The molecule has 0 aromatic heterocycles. The van der Waals surface area contributed by atoms with E-state index in [2.05, 4.69) is 27.3 Å². The Balaban J connectivity index is 1.98. The summed E-state index contributed by atoms with van der Waals surface area (Å²) in [5.74, 6) is 0. The molecule has 0 spiro atoms. The standard InChI is InChI=1S/C12H13BrN2O2/c13-10-2-1-9(6-14)12(5-10)15-7-11-3-4-16-8-17-11/h1-2,5,11,15H,3-4,7-8H2. The first kappa shape index (κ1) is 12.4. The molecule has 17 heavy (non-hydrogen) atoms. The highest BCUT2D eigenvalue weighted by atomic mass is 79.9. The van der Waals surface area contributed by atoms with Crippen molar-refractivity contribution in [3.63, 3.8) is 0 Å². The van der Waals surface area contributed by atoms with E-state index >= 15 is 0 Å². The Morgan fingerprint density at radius 2 is 2.41 bits per heavy atom. The zero-order valence-corrected chi connectivity index (χ0v) is 10.9. The Kier molecular flexibility index (Phi) is 4.37. The molecule has 0 amide bonds. The molecule has 90 valence electrons. The molecule has 0 saturated carbocycles. The topological polar surface area (TPSA) is 54.3 Å². The van der Waals surface area contributed by atoms with Crippen LogP contribution in [-0.4, -0.2) is 26.0 Å². The van der Waals surface area contributed by atoms with Crippen molar-refractivity contribution >= 4 is 21.6 Å². The molecule has 4 nitrogen and oxygen atoms in total. The zero-order valence-electron chi connectivity index (χ0n) is 9.28. The van der Waals surface area contributed by atoms with Crippen LogP contribution in [0.25, 0.3) is 0 Å². The maximum Gasteiger partial charge on any atom is 0.147 e. The van der Waals surface area contributed by atoms with Gasteiger partial charge in [0, 0.05) is 11.0 Å². The predicted octanol–water partition coefficient (Wildman–Crippen LogP) is 2.50. The minimum Gasteiger partial charge on any atom is -0.381 e. The summed E-state index contributed by atoms with van der Waals surface area (Å²) in [6.45, 7) is 1.78. The van der Waals surface area contributed by atoms with Gasteiger partial charge in [0.15, 0.2) is 0 Å². The van der Waals surface area contributed by atoms with Crippen molar-refractivity contribution in [3.8, 4) is 6.07 Å². The van der Waals surface area contributed by atoms with Crippen LogP contribution in [0.2, 0.25) is 0 Å². The van der Waals surface area contributed by atoms with Crippen LogP contribution in [-0.2, 0) is 9.47 Å². The lowest BCUT2D eigenvalue weighted by Gasteiger charge is -2.23. The minimum absolute atomic E-state index is 0.147. The fourth-order valence-electron chi connectivity index (χ4n) is 1.65. The molecular formula is C12H13BrN2O2. The van der Waals surface area contributed by atoms with Gasteiger partial charge in [0.05, 0.1) is 24.0 Å². The fraction of sp³-hybridized carbons (Fsp3) is 0.417. The summed E-state index contributed by atoms with van der Waals surface area (Å²) in [5.41, 5.74) is 1.47. The van der Waals surface area contributed by atoms with E-state index in [1.807, 2.05) is 12.1 Å². The minimum atomic E-state index is 0.147. The van der Waals surface area contributed by atoms with Crippen molar-refractivity contribution in [1.29, 1.82) is 5.26 Å². The summed E-state index contributed by atoms with van der Waals surface area (Å²) in [6, 6.07) is 7.71. The lowest BCUT2D eigenvalue weighted by atomic mass is 10.2. The average molecular weight is 297 g/mol. The number of nitrogens with one attached hydrogen (secondary N) is 1. The molecule has 1 aliphatic heterocycles. The molecule has 2 rings (SSSR count). The molecule has 1 heterocycles. The number of hydrogen-bond acceptors (Lipinski definition) is 4. The van der Waals surface area contributed by atoms with Crippen LogP contribution in [0.1, 0.15) is 12.0 Å². The van der Waals surface area contributed by atoms with Crippen molar-refractivity contribution in [2.45, 2.75) is 12.5 Å². The summed E-state index contributed by atoms with van der Waals surface area (Å²) in [4.78, 5) is 0. The lowest BCUT2D eigenvalue weighted by Crippen LogP contribution is -2.30. The van der Waals surface area contributed by atoms with Crippen LogP contribution in [0.4, 0.5) is 5.69 Å².